The third kappa shape index (κ3) is 1.77. The standard InChI is InChI=1S/C8H8N2O2S2/c1-12-7-3-2-6(14-7)8(11)5-4-13-10-9-5/h2-4,8,11H,1H3. The molecule has 6 heteroatoms. The van der Waals surface area contributed by atoms with Crippen molar-refractivity contribution in [2.24, 2.45) is 0 Å². The highest BCUT2D eigenvalue weighted by atomic mass is 32.1. The first-order valence-corrected chi connectivity index (χ1v) is 5.55. The quantitative estimate of drug-likeness (QED) is 0.868. The summed E-state index contributed by atoms with van der Waals surface area (Å²) in [7, 11) is 1.60. The van der Waals surface area contributed by atoms with E-state index in [2.05, 4.69) is 9.59 Å². The van der Waals surface area contributed by atoms with Gasteiger partial charge in [-0.25, -0.2) is 0 Å². The molecular weight excluding hydrogens is 220 g/mol. The first-order valence-electron chi connectivity index (χ1n) is 3.90. The fourth-order valence-electron chi connectivity index (χ4n) is 1.03. The van der Waals surface area contributed by atoms with E-state index in [-0.39, 0.29) is 0 Å². The number of thiophene rings is 1. The maximum atomic E-state index is 9.85. The van der Waals surface area contributed by atoms with Crippen molar-refractivity contribution in [3.63, 3.8) is 0 Å². The molecule has 2 heterocycles. The predicted octanol–water partition coefficient (Wildman–Crippen LogP) is 1.69. The summed E-state index contributed by atoms with van der Waals surface area (Å²) >= 11 is 2.63. The van der Waals surface area contributed by atoms with Gasteiger partial charge in [-0.05, 0) is 23.7 Å². The molecule has 0 aliphatic carbocycles. The van der Waals surface area contributed by atoms with Crippen LogP contribution in [0.2, 0.25) is 0 Å². The van der Waals surface area contributed by atoms with E-state index in [1.54, 1.807) is 12.5 Å². The molecule has 0 radical (unpaired) electrons. The second-order valence-corrected chi connectivity index (χ2v) is 4.28. The lowest BCUT2D eigenvalue weighted by atomic mass is 10.2. The molecule has 14 heavy (non-hydrogen) atoms. The molecular formula is C8H8N2O2S2. The fraction of sp³-hybridized carbons (Fsp3) is 0.250. The van der Waals surface area contributed by atoms with E-state index >= 15 is 0 Å². The Hall–Kier alpha value is -0.980. The molecule has 74 valence electrons. The number of aliphatic hydroxyl groups excluding tert-OH is 1. The Morgan fingerprint density at radius 2 is 2.36 bits per heavy atom. The molecule has 4 nitrogen and oxygen atoms in total. The van der Waals surface area contributed by atoms with Crippen LogP contribution in [0.25, 0.3) is 0 Å². The maximum absolute atomic E-state index is 9.85. The minimum atomic E-state index is -0.692. The molecule has 1 unspecified atom stereocenters. The number of ether oxygens (including phenoxy) is 1. The average Bonchev–Trinajstić information content (AvgIpc) is 2.88. The minimum absolute atomic E-state index is 0.583. The fourth-order valence-corrected chi connectivity index (χ4v) is 2.32. The smallest absolute Gasteiger partial charge is 0.173 e. The third-order valence-corrected chi connectivity index (χ3v) is 3.35. The lowest BCUT2D eigenvalue weighted by molar-refractivity contribution is 0.219. The van der Waals surface area contributed by atoms with E-state index in [1.807, 2.05) is 12.1 Å². The van der Waals surface area contributed by atoms with Crippen molar-refractivity contribution < 1.29 is 9.84 Å². The van der Waals surface area contributed by atoms with Gasteiger partial charge in [-0.2, -0.15) is 0 Å². The molecule has 0 aliphatic heterocycles. The zero-order valence-corrected chi connectivity index (χ0v) is 9.01. The van der Waals surface area contributed by atoms with Crippen molar-refractivity contribution in [1.82, 2.24) is 9.59 Å². The first kappa shape index (κ1) is 9.57. The Balaban J connectivity index is 2.23. The molecule has 2 aromatic heterocycles. The number of rotatable bonds is 3. The van der Waals surface area contributed by atoms with Gasteiger partial charge in [0.1, 0.15) is 11.8 Å². The van der Waals surface area contributed by atoms with Crippen molar-refractivity contribution >= 4 is 22.9 Å². The van der Waals surface area contributed by atoms with Crippen molar-refractivity contribution in [1.29, 1.82) is 0 Å². The van der Waals surface area contributed by atoms with E-state index in [1.165, 1.54) is 22.9 Å². The topological polar surface area (TPSA) is 55.2 Å². The second kappa shape index (κ2) is 4.04. The van der Waals surface area contributed by atoms with Crippen molar-refractivity contribution in [3.05, 3.63) is 28.1 Å². The lowest BCUT2D eigenvalue weighted by Gasteiger charge is -2.02. The van der Waals surface area contributed by atoms with Crippen LogP contribution < -0.4 is 4.74 Å². The Bertz CT molecular complexity index is 399. The van der Waals surface area contributed by atoms with Crippen LogP contribution in [0.4, 0.5) is 0 Å². The largest absolute Gasteiger partial charge is 0.487 e. The van der Waals surface area contributed by atoms with E-state index in [4.69, 9.17) is 4.74 Å². The SMILES string of the molecule is COc1ccc(C(O)c2csnn2)s1. The molecule has 0 saturated carbocycles. The number of aliphatic hydroxyl groups is 1. The molecule has 0 fully saturated rings. The van der Waals surface area contributed by atoms with Crippen LogP contribution in [-0.2, 0) is 0 Å². The minimum Gasteiger partial charge on any atom is -0.487 e. The van der Waals surface area contributed by atoms with Gasteiger partial charge >= 0.3 is 0 Å². The molecule has 0 amide bonds. The third-order valence-electron chi connectivity index (χ3n) is 1.73. The molecule has 0 aliphatic rings. The highest BCUT2D eigenvalue weighted by Crippen LogP contribution is 2.31. The van der Waals surface area contributed by atoms with Gasteiger partial charge in [0.2, 0.25) is 0 Å². The summed E-state index contributed by atoms with van der Waals surface area (Å²) in [4.78, 5) is 0.814. The Kier molecular flexibility index (Phi) is 2.76. The van der Waals surface area contributed by atoms with Crippen LogP contribution in [0, 0.1) is 0 Å². The van der Waals surface area contributed by atoms with Gasteiger partial charge in [-0.1, -0.05) is 4.49 Å². The van der Waals surface area contributed by atoms with Crippen molar-refractivity contribution in [2.45, 2.75) is 6.10 Å². The van der Waals surface area contributed by atoms with Crippen molar-refractivity contribution in [3.8, 4) is 5.06 Å². The summed E-state index contributed by atoms with van der Waals surface area (Å²) in [6.45, 7) is 0. The van der Waals surface area contributed by atoms with Gasteiger partial charge in [0.25, 0.3) is 0 Å². The summed E-state index contributed by atoms with van der Waals surface area (Å²) in [6, 6.07) is 3.65. The van der Waals surface area contributed by atoms with Crippen LogP contribution in [0.15, 0.2) is 17.5 Å². The molecule has 0 saturated heterocycles. The van der Waals surface area contributed by atoms with Crippen LogP contribution in [0.3, 0.4) is 0 Å². The highest BCUT2D eigenvalue weighted by Gasteiger charge is 2.15. The van der Waals surface area contributed by atoms with Gasteiger partial charge < -0.3 is 9.84 Å². The van der Waals surface area contributed by atoms with Crippen molar-refractivity contribution in [2.75, 3.05) is 7.11 Å². The summed E-state index contributed by atoms with van der Waals surface area (Å²) in [5.41, 5.74) is 0.583. The zero-order chi connectivity index (χ0) is 9.97. The predicted molar refractivity (Wildman–Crippen MR) is 54.8 cm³/mol. The molecule has 0 aromatic carbocycles. The summed E-state index contributed by atoms with van der Waals surface area (Å²) in [5.74, 6) is 0. The van der Waals surface area contributed by atoms with Crippen LogP contribution >= 0.6 is 22.9 Å². The number of hydrogen-bond acceptors (Lipinski definition) is 6. The molecule has 1 N–H and O–H groups in total. The summed E-state index contributed by atoms with van der Waals surface area (Å²) in [5, 5.41) is 16.2. The van der Waals surface area contributed by atoms with Gasteiger partial charge in [-0.3, -0.25) is 0 Å². The Morgan fingerprint density at radius 1 is 1.50 bits per heavy atom. The number of methoxy groups -OCH3 is 1. The Morgan fingerprint density at radius 3 is 2.93 bits per heavy atom. The molecule has 0 bridgehead atoms. The van der Waals surface area contributed by atoms with Gasteiger partial charge in [0, 0.05) is 10.3 Å². The van der Waals surface area contributed by atoms with Crippen LogP contribution in [0.1, 0.15) is 16.7 Å². The maximum Gasteiger partial charge on any atom is 0.173 e. The molecule has 2 rings (SSSR count). The molecule has 2 aromatic rings. The Labute approximate surface area is 89.0 Å². The van der Waals surface area contributed by atoms with E-state index in [0.717, 1.165) is 9.94 Å². The lowest BCUT2D eigenvalue weighted by Crippen LogP contribution is -1.96. The van der Waals surface area contributed by atoms with Gasteiger partial charge in [-0.15, -0.1) is 16.4 Å². The number of aromatic nitrogens is 2. The van der Waals surface area contributed by atoms with Gasteiger partial charge in [0.05, 0.1) is 7.11 Å². The summed E-state index contributed by atoms with van der Waals surface area (Å²) in [6.07, 6.45) is -0.692. The van der Waals surface area contributed by atoms with E-state index < -0.39 is 6.10 Å². The monoisotopic (exact) mass is 228 g/mol. The zero-order valence-electron chi connectivity index (χ0n) is 7.38. The summed E-state index contributed by atoms with van der Waals surface area (Å²) < 4.78 is 8.74. The number of nitrogens with zero attached hydrogens (tertiary/aromatic N) is 2. The van der Waals surface area contributed by atoms with E-state index in [9.17, 15) is 5.11 Å². The second-order valence-electron chi connectivity index (χ2n) is 2.59. The normalized spacial score (nSPS) is 12.7. The van der Waals surface area contributed by atoms with Crippen LogP contribution in [0.5, 0.6) is 5.06 Å². The average molecular weight is 228 g/mol. The molecule has 0 spiro atoms. The van der Waals surface area contributed by atoms with E-state index in [0.29, 0.717) is 5.69 Å². The van der Waals surface area contributed by atoms with Gasteiger partial charge in [0.15, 0.2) is 5.06 Å². The van der Waals surface area contributed by atoms with Crippen LogP contribution in [-0.4, -0.2) is 21.8 Å². The molecule has 1 atom stereocenters. The number of hydrogen-bond donors (Lipinski definition) is 1. The highest BCUT2D eigenvalue weighted by molar-refractivity contribution is 7.13. The first-order chi connectivity index (χ1) is 6.81.